The Morgan fingerprint density at radius 3 is 2.04 bits per heavy atom. The smallest absolute Gasteiger partial charge is 0.114 e. The van der Waals surface area contributed by atoms with E-state index in [0.717, 1.165) is 38.5 Å². The highest BCUT2D eigenvalue weighted by atomic mass is 16.6. The van der Waals surface area contributed by atoms with Crippen molar-refractivity contribution in [1.29, 1.82) is 0 Å². The molecule has 1 heterocycles. The van der Waals surface area contributed by atoms with Gasteiger partial charge in [0.15, 0.2) is 0 Å². The lowest BCUT2D eigenvalue weighted by atomic mass is 9.86. The Hall–Kier alpha value is -0.240. The van der Waals surface area contributed by atoms with Gasteiger partial charge in [-0.1, -0.05) is 59.8 Å². The molecule has 0 saturated carbocycles. The molecule has 1 rings (SSSR count). The molecule has 0 aromatic heterocycles. The summed E-state index contributed by atoms with van der Waals surface area (Å²) in [4.78, 5) is 0. The van der Waals surface area contributed by atoms with Gasteiger partial charge in [0.1, 0.15) is 24.4 Å². The molecule has 6 atom stereocenters. The second-order valence-electron chi connectivity index (χ2n) is 7.72. The van der Waals surface area contributed by atoms with Crippen LogP contribution in [-0.4, -0.2) is 72.3 Å². The van der Waals surface area contributed by atoms with Crippen LogP contribution in [0.5, 0.6) is 0 Å². The quantitative estimate of drug-likeness (QED) is 0.422. The molecule has 1 aliphatic heterocycles. The molecule has 0 aromatic carbocycles. The highest BCUT2D eigenvalue weighted by Gasteiger charge is 2.46. The van der Waals surface area contributed by atoms with Crippen molar-refractivity contribution in [3.63, 3.8) is 0 Å². The van der Waals surface area contributed by atoms with Gasteiger partial charge in [-0.25, -0.2) is 0 Å². The standard InChI is InChI=1S/C21H42O6/c1-5-9-16(8-4)12-17-20(25-11-10-22)19(24)21(18(13-23)27-17)26-14-15(6-2)7-3/h15-24H,5-14H2,1-4H3. The van der Waals surface area contributed by atoms with E-state index < -0.39 is 24.4 Å². The van der Waals surface area contributed by atoms with Gasteiger partial charge >= 0.3 is 0 Å². The van der Waals surface area contributed by atoms with E-state index in [1.54, 1.807) is 0 Å². The summed E-state index contributed by atoms with van der Waals surface area (Å²) in [6, 6.07) is 0. The van der Waals surface area contributed by atoms with Crippen molar-refractivity contribution in [2.45, 2.75) is 96.7 Å². The zero-order valence-corrected chi connectivity index (χ0v) is 17.7. The van der Waals surface area contributed by atoms with Crippen LogP contribution in [0.25, 0.3) is 0 Å². The Balaban J connectivity index is 2.88. The summed E-state index contributed by atoms with van der Waals surface area (Å²) in [6.07, 6.45) is 3.07. The van der Waals surface area contributed by atoms with Gasteiger partial charge in [-0.3, -0.25) is 0 Å². The fraction of sp³-hybridized carbons (Fsp3) is 1.00. The van der Waals surface area contributed by atoms with E-state index in [0.29, 0.717) is 18.4 Å². The van der Waals surface area contributed by atoms with E-state index in [1.165, 1.54) is 0 Å². The van der Waals surface area contributed by atoms with E-state index in [1.807, 2.05) is 0 Å². The molecule has 0 bridgehead atoms. The maximum Gasteiger partial charge on any atom is 0.114 e. The van der Waals surface area contributed by atoms with Gasteiger partial charge in [0, 0.05) is 0 Å². The lowest BCUT2D eigenvalue weighted by Crippen LogP contribution is -2.60. The third-order valence-corrected chi connectivity index (χ3v) is 5.86. The molecule has 0 amide bonds. The lowest BCUT2D eigenvalue weighted by Gasteiger charge is -2.45. The molecular weight excluding hydrogens is 348 g/mol. The summed E-state index contributed by atoms with van der Waals surface area (Å²) >= 11 is 0. The molecule has 1 saturated heterocycles. The number of aliphatic hydroxyl groups is 3. The minimum atomic E-state index is -0.888. The van der Waals surface area contributed by atoms with Crippen LogP contribution in [0.15, 0.2) is 0 Å². The molecule has 3 N–H and O–H groups in total. The number of hydrogen-bond acceptors (Lipinski definition) is 6. The first-order chi connectivity index (χ1) is 13.1. The topological polar surface area (TPSA) is 88.4 Å². The fourth-order valence-corrected chi connectivity index (χ4v) is 3.94. The Bertz CT molecular complexity index is 363. The molecule has 1 fully saturated rings. The Morgan fingerprint density at radius 1 is 0.889 bits per heavy atom. The van der Waals surface area contributed by atoms with Crippen LogP contribution in [0.1, 0.15) is 66.2 Å². The number of hydrogen-bond donors (Lipinski definition) is 3. The highest BCUT2D eigenvalue weighted by Crippen LogP contribution is 2.31. The number of ether oxygens (including phenoxy) is 3. The minimum absolute atomic E-state index is 0.106. The predicted octanol–water partition coefficient (Wildman–Crippen LogP) is 2.52. The predicted molar refractivity (Wildman–Crippen MR) is 106 cm³/mol. The summed E-state index contributed by atoms with van der Waals surface area (Å²) in [6.45, 7) is 8.94. The molecular formula is C21H42O6. The van der Waals surface area contributed by atoms with Crippen LogP contribution < -0.4 is 0 Å². The van der Waals surface area contributed by atoms with E-state index >= 15 is 0 Å². The Kier molecular flexibility index (Phi) is 12.7. The minimum Gasteiger partial charge on any atom is -0.394 e. The average Bonchev–Trinajstić information content (AvgIpc) is 2.68. The summed E-state index contributed by atoms with van der Waals surface area (Å²) in [5.41, 5.74) is 0. The van der Waals surface area contributed by atoms with Crippen molar-refractivity contribution < 1.29 is 29.5 Å². The van der Waals surface area contributed by atoms with Crippen LogP contribution >= 0.6 is 0 Å². The average molecular weight is 391 g/mol. The number of aliphatic hydroxyl groups excluding tert-OH is 3. The van der Waals surface area contributed by atoms with Crippen LogP contribution in [0, 0.1) is 11.8 Å². The number of rotatable bonds is 14. The zero-order valence-electron chi connectivity index (χ0n) is 17.7. The zero-order chi connectivity index (χ0) is 20.2. The molecule has 0 aromatic rings. The van der Waals surface area contributed by atoms with Gasteiger partial charge in [-0.15, -0.1) is 0 Å². The molecule has 6 heteroatoms. The van der Waals surface area contributed by atoms with Crippen LogP contribution in [0.4, 0.5) is 0 Å². The molecule has 0 spiro atoms. The fourth-order valence-electron chi connectivity index (χ4n) is 3.94. The van der Waals surface area contributed by atoms with Crippen LogP contribution in [0.3, 0.4) is 0 Å². The maximum absolute atomic E-state index is 11.0. The monoisotopic (exact) mass is 390 g/mol. The maximum atomic E-state index is 11.0. The van der Waals surface area contributed by atoms with Crippen molar-refractivity contribution in [2.75, 3.05) is 26.4 Å². The van der Waals surface area contributed by atoms with Crippen molar-refractivity contribution >= 4 is 0 Å². The second-order valence-corrected chi connectivity index (χ2v) is 7.72. The van der Waals surface area contributed by atoms with Crippen molar-refractivity contribution in [3.05, 3.63) is 0 Å². The van der Waals surface area contributed by atoms with Crippen molar-refractivity contribution in [2.24, 2.45) is 11.8 Å². The molecule has 6 unspecified atom stereocenters. The van der Waals surface area contributed by atoms with Gasteiger partial charge in [0.25, 0.3) is 0 Å². The second kappa shape index (κ2) is 13.9. The first-order valence-corrected chi connectivity index (χ1v) is 10.8. The Labute approximate surface area is 165 Å². The van der Waals surface area contributed by atoms with Crippen LogP contribution in [-0.2, 0) is 14.2 Å². The van der Waals surface area contributed by atoms with Gasteiger partial charge < -0.3 is 29.5 Å². The molecule has 0 aliphatic carbocycles. The third-order valence-electron chi connectivity index (χ3n) is 5.86. The highest BCUT2D eigenvalue weighted by molar-refractivity contribution is 4.95. The molecule has 27 heavy (non-hydrogen) atoms. The molecule has 6 nitrogen and oxygen atoms in total. The van der Waals surface area contributed by atoms with Gasteiger partial charge in [-0.05, 0) is 18.3 Å². The van der Waals surface area contributed by atoms with E-state index in [-0.39, 0.29) is 25.9 Å². The normalized spacial score (nSPS) is 30.0. The SMILES string of the molecule is CCCC(CC)CC1OC(CO)C(OCC(CC)CC)C(O)C1OCCO. The first-order valence-electron chi connectivity index (χ1n) is 10.8. The summed E-state index contributed by atoms with van der Waals surface area (Å²) in [7, 11) is 0. The molecule has 0 radical (unpaired) electrons. The lowest BCUT2D eigenvalue weighted by molar-refractivity contribution is -0.258. The third kappa shape index (κ3) is 7.59. The van der Waals surface area contributed by atoms with E-state index in [9.17, 15) is 10.2 Å². The van der Waals surface area contributed by atoms with E-state index in [4.69, 9.17) is 19.3 Å². The summed E-state index contributed by atoms with van der Waals surface area (Å²) in [5.74, 6) is 0.897. The van der Waals surface area contributed by atoms with E-state index in [2.05, 4.69) is 27.7 Å². The van der Waals surface area contributed by atoms with Crippen LogP contribution in [0.2, 0.25) is 0 Å². The van der Waals surface area contributed by atoms with Gasteiger partial charge in [0.2, 0.25) is 0 Å². The Morgan fingerprint density at radius 2 is 1.52 bits per heavy atom. The van der Waals surface area contributed by atoms with Crippen molar-refractivity contribution in [1.82, 2.24) is 0 Å². The summed E-state index contributed by atoms with van der Waals surface area (Å²) in [5, 5.41) is 30.0. The molecule has 162 valence electrons. The van der Waals surface area contributed by atoms with Gasteiger partial charge in [-0.2, -0.15) is 0 Å². The first kappa shape index (κ1) is 24.8. The van der Waals surface area contributed by atoms with Crippen molar-refractivity contribution in [3.8, 4) is 0 Å². The molecule has 1 aliphatic rings. The van der Waals surface area contributed by atoms with Gasteiger partial charge in [0.05, 0.1) is 32.5 Å². The summed E-state index contributed by atoms with van der Waals surface area (Å²) < 4.78 is 17.9. The largest absolute Gasteiger partial charge is 0.394 e.